The molecule has 1 amide bonds. The molecule has 1 fully saturated rings. The number of amides is 1. The molecule has 0 atom stereocenters. The van der Waals surface area contributed by atoms with E-state index in [-0.39, 0.29) is 17.1 Å². The van der Waals surface area contributed by atoms with Crippen LogP contribution in [0.5, 0.6) is 0 Å². The van der Waals surface area contributed by atoms with E-state index in [0.29, 0.717) is 18.9 Å². The summed E-state index contributed by atoms with van der Waals surface area (Å²) in [5.41, 5.74) is 2.50. The standard InChI is InChI=1S/C21H26N6O2/c1-21(2,3)14-6-5-7-15(12-14)23-20(28)17-24-18-16(13-22-26(18)4)19(25-17)27-8-10-29-11-9-27/h5-7,12-13H,8-11H2,1-4H3,(H,23,28). The highest BCUT2D eigenvalue weighted by Gasteiger charge is 2.22. The fraction of sp³-hybridized carbons (Fsp3) is 0.429. The Morgan fingerprint density at radius 1 is 1.17 bits per heavy atom. The van der Waals surface area contributed by atoms with Gasteiger partial charge in [-0.25, -0.2) is 9.97 Å². The Bertz CT molecular complexity index is 1050. The molecular weight excluding hydrogens is 368 g/mol. The number of nitrogens with zero attached hydrogens (tertiary/aromatic N) is 5. The van der Waals surface area contributed by atoms with Crippen molar-refractivity contribution in [3.8, 4) is 0 Å². The largest absolute Gasteiger partial charge is 0.378 e. The minimum Gasteiger partial charge on any atom is -0.378 e. The molecule has 0 saturated carbocycles. The van der Waals surface area contributed by atoms with Crippen LogP contribution in [-0.4, -0.2) is 52.0 Å². The number of aromatic nitrogens is 4. The van der Waals surface area contributed by atoms with Gasteiger partial charge in [-0.05, 0) is 23.1 Å². The van der Waals surface area contributed by atoms with E-state index in [0.717, 1.165) is 35.5 Å². The molecule has 0 spiro atoms. The van der Waals surface area contributed by atoms with Crippen molar-refractivity contribution in [1.82, 2.24) is 19.7 Å². The highest BCUT2D eigenvalue weighted by atomic mass is 16.5. The SMILES string of the molecule is Cn1ncc2c(N3CCOCC3)nc(C(=O)Nc3cccc(C(C)(C)C)c3)nc21. The van der Waals surface area contributed by atoms with Crippen molar-refractivity contribution in [2.45, 2.75) is 26.2 Å². The van der Waals surface area contributed by atoms with Crippen LogP contribution in [0.3, 0.4) is 0 Å². The average molecular weight is 394 g/mol. The molecule has 1 N–H and O–H groups in total. The smallest absolute Gasteiger partial charge is 0.293 e. The molecule has 3 heterocycles. The van der Waals surface area contributed by atoms with E-state index in [9.17, 15) is 4.79 Å². The number of nitrogens with one attached hydrogen (secondary N) is 1. The number of anilines is 2. The second-order valence-corrected chi connectivity index (χ2v) is 8.26. The second kappa shape index (κ2) is 7.44. The van der Waals surface area contributed by atoms with Crippen molar-refractivity contribution in [3.05, 3.63) is 41.9 Å². The topological polar surface area (TPSA) is 85.2 Å². The molecule has 0 aliphatic carbocycles. The van der Waals surface area contributed by atoms with Gasteiger partial charge in [0, 0.05) is 25.8 Å². The molecular formula is C21H26N6O2. The van der Waals surface area contributed by atoms with E-state index in [1.54, 1.807) is 10.9 Å². The van der Waals surface area contributed by atoms with Crippen LogP contribution in [0.1, 0.15) is 37.0 Å². The molecule has 1 aliphatic rings. The van der Waals surface area contributed by atoms with E-state index < -0.39 is 0 Å². The highest BCUT2D eigenvalue weighted by molar-refractivity contribution is 6.03. The zero-order valence-electron chi connectivity index (χ0n) is 17.3. The van der Waals surface area contributed by atoms with Crippen LogP contribution in [0.4, 0.5) is 11.5 Å². The lowest BCUT2D eigenvalue weighted by Gasteiger charge is -2.28. The van der Waals surface area contributed by atoms with Gasteiger partial charge in [0.1, 0.15) is 5.82 Å². The Morgan fingerprint density at radius 3 is 2.66 bits per heavy atom. The van der Waals surface area contributed by atoms with Crippen LogP contribution < -0.4 is 10.2 Å². The summed E-state index contributed by atoms with van der Waals surface area (Å²) < 4.78 is 7.11. The summed E-state index contributed by atoms with van der Waals surface area (Å²) in [5.74, 6) is 0.511. The quantitative estimate of drug-likeness (QED) is 0.735. The van der Waals surface area contributed by atoms with Gasteiger partial charge < -0.3 is 15.0 Å². The highest BCUT2D eigenvalue weighted by Crippen LogP contribution is 2.26. The Kier molecular flexibility index (Phi) is 4.96. The van der Waals surface area contributed by atoms with E-state index in [4.69, 9.17) is 4.74 Å². The lowest BCUT2D eigenvalue weighted by molar-refractivity contribution is 0.101. The normalized spacial score (nSPS) is 15.0. The molecule has 1 aromatic carbocycles. The van der Waals surface area contributed by atoms with E-state index in [2.05, 4.69) is 52.1 Å². The van der Waals surface area contributed by atoms with E-state index in [1.165, 1.54) is 0 Å². The molecule has 0 unspecified atom stereocenters. The maximum Gasteiger partial charge on any atom is 0.293 e. The number of fused-ring (bicyclic) bond motifs is 1. The second-order valence-electron chi connectivity index (χ2n) is 8.26. The first-order chi connectivity index (χ1) is 13.8. The number of carbonyl (C=O) groups is 1. The van der Waals surface area contributed by atoms with Gasteiger partial charge in [0.05, 0.1) is 24.8 Å². The van der Waals surface area contributed by atoms with Gasteiger partial charge in [-0.1, -0.05) is 32.9 Å². The maximum atomic E-state index is 13.0. The lowest BCUT2D eigenvalue weighted by Crippen LogP contribution is -2.37. The summed E-state index contributed by atoms with van der Waals surface area (Å²) in [6, 6.07) is 7.87. The molecule has 1 aliphatic heterocycles. The summed E-state index contributed by atoms with van der Waals surface area (Å²) in [6.45, 7) is 9.12. The number of rotatable bonds is 3. The van der Waals surface area contributed by atoms with Crippen LogP contribution in [0.25, 0.3) is 11.0 Å². The Labute approximate surface area is 169 Å². The van der Waals surface area contributed by atoms with Crippen LogP contribution >= 0.6 is 0 Å². The van der Waals surface area contributed by atoms with Crippen molar-refractivity contribution in [2.75, 3.05) is 36.5 Å². The number of ether oxygens (including phenoxy) is 1. The first kappa shape index (κ1) is 19.3. The fourth-order valence-corrected chi connectivity index (χ4v) is 3.38. The molecule has 2 aromatic heterocycles. The van der Waals surface area contributed by atoms with Gasteiger partial charge in [0.15, 0.2) is 5.65 Å². The number of morpholine rings is 1. The summed E-state index contributed by atoms with van der Waals surface area (Å²) in [6.07, 6.45) is 1.74. The predicted molar refractivity (Wildman–Crippen MR) is 112 cm³/mol. The van der Waals surface area contributed by atoms with E-state index >= 15 is 0 Å². The molecule has 0 radical (unpaired) electrons. The third kappa shape index (κ3) is 3.93. The maximum absolute atomic E-state index is 13.0. The van der Waals surface area contributed by atoms with Crippen LogP contribution in [0.15, 0.2) is 30.5 Å². The number of carbonyl (C=O) groups excluding carboxylic acids is 1. The van der Waals surface area contributed by atoms with Gasteiger partial charge in [0.25, 0.3) is 5.91 Å². The number of aryl methyl sites for hydroxylation is 1. The third-order valence-electron chi connectivity index (χ3n) is 5.07. The van der Waals surface area contributed by atoms with Gasteiger partial charge in [-0.15, -0.1) is 0 Å². The lowest BCUT2D eigenvalue weighted by atomic mass is 9.87. The van der Waals surface area contributed by atoms with Crippen molar-refractivity contribution >= 4 is 28.4 Å². The third-order valence-corrected chi connectivity index (χ3v) is 5.07. The van der Waals surface area contributed by atoms with E-state index in [1.807, 2.05) is 25.2 Å². The molecule has 152 valence electrons. The average Bonchev–Trinajstić information content (AvgIpc) is 3.08. The Balaban J connectivity index is 1.68. The molecule has 0 bridgehead atoms. The van der Waals surface area contributed by atoms with Crippen LogP contribution in [-0.2, 0) is 17.2 Å². The Morgan fingerprint density at radius 2 is 1.93 bits per heavy atom. The Hall–Kier alpha value is -3.00. The minimum absolute atomic E-state index is 0.00559. The molecule has 4 rings (SSSR count). The van der Waals surface area contributed by atoms with Gasteiger partial charge >= 0.3 is 0 Å². The summed E-state index contributed by atoms with van der Waals surface area (Å²) in [4.78, 5) is 24.2. The van der Waals surface area contributed by atoms with Gasteiger partial charge in [0.2, 0.25) is 5.82 Å². The predicted octanol–water partition coefficient (Wildman–Crippen LogP) is 2.75. The minimum atomic E-state index is -0.339. The number of hydrogen-bond acceptors (Lipinski definition) is 6. The summed E-state index contributed by atoms with van der Waals surface area (Å²) in [7, 11) is 1.81. The van der Waals surface area contributed by atoms with Crippen molar-refractivity contribution in [2.24, 2.45) is 7.05 Å². The van der Waals surface area contributed by atoms with Crippen molar-refractivity contribution in [3.63, 3.8) is 0 Å². The van der Waals surface area contributed by atoms with Crippen LogP contribution in [0.2, 0.25) is 0 Å². The van der Waals surface area contributed by atoms with Crippen molar-refractivity contribution in [1.29, 1.82) is 0 Å². The molecule has 8 nitrogen and oxygen atoms in total. The first-order valence-electron chi connectivity index (χ1n) is 9.77. The molecule has 29 heavy (non-hydrogen) atoms. The number of benzene rings is 1. The number of hydrogen-bond donors (Lipinski definition) is 1. The molecule has 3 aromatic rings. The zero-order valence-corrected chi connectivity index (χ0v) is 17.3. The van der Waals surface area contributed by atoms with Gasteiger partial charge in [-0.2, -0.15) is 5.10 Å². The van der Waals surface area contributed by atoms with Crippen LogP contribution in [0, 0.1) is 0 Å². The van der Waals surface area contributed by atoms with Crippen molar-refractivity contribution < 1.29 is 9.53 Å². The monoisotopic (exact) mass is 394 g/mol. The zero-order chi connectivity index (χ0) is 20.6. The molecule has 8 heteroatoms. The summed E-state index contributed by atoms with van der Waals surface area (Å²) in [5, 5.41) is 8.07. The first-order valence-corrected chi connectivity index (χ1v) is 9.77. The summed E-state index contributed by atoms with van der Waals surface area (Å²) >= 11 is 0. The fourth-order valence-electron chi connectivity index (χ4n) is 3.38. The molecule has 1 saturated heterocycles. The van der Waals surface area contributed by atoms with Gasteiger partial charge in [-0.3, -0.25) is 9.48 Å².